The lowest BCUT2D eigenvalue weighted by Gasteiger charge is -2.23. The van der Waals surface area contributed by atoms with Crippen molar-refractivity contribution in [2.45, 2.75) is 57.8 Å². The van der Waals surface area contributed by atoms with Crippen molar-refractivity contribution in [3.63, 3.8) is 0 Å². The Balaban J connectivity index is 2.16. The van der Waals surface area contributed by atoms with E-state index in [4.69, 9.17) is 11.6 Å². The second-order valence-electron chi connectivity index (χ2n) is 6.74. The second-order valence-corrected chi connectivity index (χ2v) is 8.23. The number of carbonyl (C=O) groups excluding carboxylic acids is 1. The standard InChI is InChI=1S/C20H23ClOS/c1-13(2)19-17(12-22)18(14-6-4-3-5-7-14)20(23-19)15-8-10-16(21)11-9-15/h8-14H,3-7H2,1-2H3. The Morgan fingerprint density at radius 3 is 2.35 bits per heavy atom. The molecule has 3 heteroatoms. The van der Waals surface area contributed by atoms with Crippen LogP contribution in [-0.2, 0) is 0 Å². The number of rotatable bonds is 4. The molecule has 0 atom stereocenters. The molecule has 1 aliphatic carbocycles. The molecule has 0 radical (unpaired) electrons. The van der Waals surface area contributed by atoms with Crippen LogP contribution in [0.15, 0.2) is 24.3 Å². The maximum absolute atomic E-state index is 11.9. The third-order valence-electron chi connectivity index (χ3n) is 4.77. The number of hydrogen-bond acceptors (Lipinski definition) is 2. The monoisotopic (exact) mass is 346 g/mol. The predicted molar refractivity (Wildman–Crippen MR) is 100 cm³/mol. The Kier molecular flexibility index (Phi) is 5.23. The van der Waals surface area contributed by atoms with Gasteiger partial charge in [-0.1, -0.05) is 56.8 Å². The smallest absolute Gasteiger partial charge is 0.151 e. The molecular weight excluding hydrogens is 324 g/mol. The number of aldehydes is 1. The highest BCUT2D eigenvalue weighted by molar-refractivity contribution is 7.16. The summed E-state index contributed by atoms with van der Waals surface area (Å²) in [5.41, 5.74) is 3.45. The van der Waals surface area contributed by atoms with Crippen molar-refractivity contribution >= 4 is 29.2 Å². The molecule has 1 aromatic carbocycles. The summed E-state index contributed by atoms with van der Waals surface area (Å²) in [6, 6.07) is 8.05. The Morgan fingerprint density at radius 2 is 1.78 bits per heavy atom. The van der Waals surface area contributed by atoms with E-state index in [0.29, 0.717) is 11.8 Å². The van der Waals surface area contributed by atoms with E-state index in [1.807, 2.05) is 12.1 Å². The van der Waals surface area contributed by atoms with Crippen LogP contribution in [0.5, 0.6) is 0 Å². The minimum atomic E-state index is 0.378. The highest BCUT2D eigenvalue weighted by atomic mass is 35.5. The zero-order valence-electron chi connectivity index (χ0n) is 13.8. The molecule has 1 nitrogen and oxygen atoms in total. The van der Waals surface area contributed by atoms with Crippen LogP contribution in [0.1, 0.15) is 78.6 Å². The van der Waals surface area contributed by atoms with Gasteiger partial charge in [0.15, 0.2) is 6.29 Å². The Bertz CT molecular complexity index is 678. The van der Waals surface area contributed by atoms with Crippen LogP contribution in [0, 0.1) is 0 Å². The molecule has 1 saturated carbocycles. The molecule has 0 aliphatic heterocycles. The van der Waals surface area contributed by atoms with Gasteiger partial charge < -0.3 is 0 Å². The Hall–Kier alpha value is -1.12. The molecule has 0 spiro atoms. The van der Waals surface area contributed by atoms with Crippen molar-refractivity contribution in [3.8, 4) is 10.4 Å². The second kappa shape index (κ2) is 7.19. The lowest BCUT2D eigenvalue weighted by molar-refractivity contribution is 0.112. The first-order valence-electron chi connectivity index (χ1n) is 8.49. The number of thiophene rings is 1. The number of halogens is 1. The topological polar surface area (TPSA) is 17.1 Å². The average Bonchev–Trinajstić information content (AvgIpc) is 2.96. The van der Waals surface area contributed by atoms with Crippen molar-refractivity contribution in [2.75, 3.05) is 0 Å². The van der Waals surface area contributed by atoms with Gasteiger partial charge in [0.1, 0.15) is 0 Å². The fourth-order valence-corrected chi connectivity index (χ4v) is 5.13. The maximum Gasteiger partial charge on any atom is 0.151 e. The Labute approximate surface area is 147 Å². The van der Waals surface area contributed by atoms with Gasteiger partial charge in [0, 0.05) is 20.3 Å². The van der Waals surface area contributed by atoms with E-state index in [2.05, 4.69) is 26.0 Å². The summed E-state index contributed by atoms with van der Waals surface area (Å²) in [6.07, 6.45) is 7.37. The largest absolute Gasteiger partial charge is 0.298 e. The molecule has 1 heterocycles. The van der Waals surface area contributed by atoms with Gasteiger partial charge in [0.2, 0.25) is 0 Å². The van der Waals surface area contributed by atoms with Crippen LogP contribution in [0.3, 0.4) is 0 Å². The van der Waals surface area contributed by atoms with E-state index >= 15 is 0 Å². The fraction of sp³-hybridized carbons (Fsp3) is 0.450. The van der Waals surface area contributed by atoms with Crippen LogP contribution in [0.25, 0.3) is 10.4 Å². The highest BCUT2D eigenvalue weighted by Gasteiger charge is 2.27. The predicted octanol–water partition coefficient (Wildman–Crippen LogP) is 7.05. The minimum absolute atomic E-state index is 0.378. The lowest BCUT2D eigenvalue weighted by atomic mass is 9.81. The molecule has 1 aromatic heterocycles. The summed E-state index contributed by atoms with van der Waals surface area (Å²) in [4.78, 5) is 14.4. The minimum Gasteiger partial charge on any atom is -0.298 e. The van der Waals surface area contributed by atoms with E-state index in [0.717, 1.165) is 16.9 Å². The zero-order chi connectivity index (χ0) is 16.4. The number of hydrogen-bond donors (Lipinski definition) is 0. The van der Waals surface area contributed by atoms with Crippen LogP contribution < -0.4 is 0 Å². The first kappa shape index (κ1) is 16.7. The summed E-state index contributed by atoms with van der Waals surface area (Å²) in [5, 5.41) is 0.754. The van der Waals surface area contributed by atoms with E-state index in [1.54, 1.807) is 11.3 Å². The molecule has 0 amide bonds. The van der Waals surface area contributed by atoms with Crippen molar-refractivity contribution in [1.29, 1.82) is 0 Å². The molecule has 122 valence electrons. The molecular formula is C20H23ClOS. The van der Waals surface area contributed by atoms with Gasteiger partial charge in [-0.05, 0) is 47.9 Å². The SMILES string of the molecule is CC(C)c1sc(-c2ccc(Cl)cc2)c(C2CCCCC2)c1C=O. The summed E-state index contributed by atoms with van der Waals surface area (Å²) in [5.74, 6) is 0.905. The van der Waals surface area contributed by atoms with Crippen molar-refractivity contribution in [1.82, 2.24) is 0 Å². The van der Waals surface area contributed by atoms with Gasteiger partial charge in [-0.15, -0.1) is 11.3 Å². The molecule has 0 bridgehead atoms. The molecule has 3 rings (SSSR count). The Morgan fingerprint density at radius 1 is 1.13 bits per heavy atom. The zero-order valence-corrected chi connectivity index (χ0v) is 15.3. The van der Waals surface area contributed by atoms with Crippen molar-refractivity contribution in [2.24, 2.45) is 0 Å². The summed E-state index contributed by atoms with van der Waals surface area (Å²) >= 11 is 7.85. The summed E-state index contributed by atoms with van der Waals surface area (Å²) in [6.45, 7) is 4.35. The van der Waals surface area contributed by atoms with Crippen LogP contribution in [0.4, 0.5) is 0 Å². The van der Waals surface area contributed by atoms with Crippen LogP contribution >= 0.6 is 22.9 Å². The molecule has 0 N–H and O–H groups in total. The van der Waals surface area contributed by atoms with E-state index < -0.39 is 0 Å². The van der Waals surface area contributed by atoms with Crippen LogP contribution in [0.2, 0.25) is 5.02 Å². The van der Waals surface area contributed by atoms with Gasteiger partial charge in [0.25, 0.3) is 0 Å². The molecule has 2 aromatic rings. The summed E-state index contributed by atoms with van der Waals surface area (Å²) < 4.78 is 0. The first-order valence-corrected chi connectivity index (χ1v) is 9.69. The number of benzene rings is 1. The number of carbonyl (C=O) groups is 1. The van der Waals surface area contributed by atoms with Gasteiger partial charge in [0.05, 0.1) is 0 Å². The maximum atomic E-state index is 11.9. The molecule has 0 saturated heterocycles. The molecule has 1 fully saturated rings. The van der Waals surface area contributed by atoms with Gasteiger partial charge in [-0.25, -0.2) is 0 Å². The van der Waals surface area contributed by atoms with Crippen molar-refractivity contribution < 1.29 is 4.79 Å². The van der Waals surface area contributed by atoms with Gasteiger partial charge >= 0.3 is 0 Å². The van der Waals surface area contributed by atoms with Gasteiger partial charge in [-0.3, -0.25) is 4.79 Å². The van der Waals surface area contributed by atoms with E-state index in [1.165, 1.54) is 53.0 Å². The third-order valence-corrected chi connectivity index (χ3v) is 6.60. The van der Waals surface area contributed by atoms with Gasteiger partial charge in [-0.2, -0.15) is 0 Å². The molecule has 1 aliphatic rings. The normalized spacial score (nSPS) is 16.0. The quantitative estimate of drug-likeness (QED) is 0.542. The lowest BCUT2D eigenvalue weighted by Crippen LogP contribution is -2.07. The highest BCUT2D eigenvalue weighted by Crippen LogP contribution is 2.47. The fourth-order valence-electron chi connectivity index (χ4n) is 3.64. The van der Waals surface area contributed by atoms with E-state index in [9.17, 15) is 4.79 Å². The molecule has 0 unspecified atom stereocenters. The average molecular weight is 347 g/mol. The van der Waals surface area contributed by atoms with E-state index in [-0.39, 0.29) is 0 Å². The summed E-state index contributed by atoms with van der Waals surface area (Å²) in [7, 11) is 0. The van der Waals surface area contributed by atoms with Crippen LogP contribution in [-0.4, -0.2) is 6.29 Å². The first-order chi connectivity index (χ1) is 11.1. The molecule has 23 heavy (non-hydrogen) atoms. The van der Waals surface area contributed by atoms with Crippen molar-refractivity contribution in [3.05, 3.63) is 45.3 Å². The third kappa shape index (κ3) is 3.39.